The standard InChI is InChI=1S/C15H22N4O5/c1-15(2,3)24-14(21)17(4)11-8-18(9-12(11)20)13-6-5-10(7-16-13)19(22)23/h5-7,11-12,20H,8-9H2,1-4H3/t11?,12-/m1/s1. The third kappa shape index (κ3) is 4.10. The molecular weight excluding hydrogens is 316 g/mol. The number of nitrogens with zero attached hydrogens (tertiary/aromatic N) is 4. The number of nitro groups is 1. The van der Waals surface area contributed by atoms with Gasteiger partial charge in [0.1, 0.15) is 17.6 Å². The van der Waals surface area contributed by atoms with Gasteiger partial charge in [-0.25, -0.2) is 9.78 Å². The van der Waals surface area contributed by atoms with Gasteiger partial charge in [0.15, 0.2) is 0 Å². The number of carbonyl (C=O) groups excluding carboxylic acids is 1. The van der Waals surface area contributed by atoms with E-state index in [0.29, 0.717) is 12.4 Å². The number of ether oxygens (including phenoxy) is 1. The predicted octanol–water partition coefficient (Wildman–Crippen LogP) is 1.41. The molecule has 1 amide bonds. The Hall–Kier alpha value is -2.42. The molecule has 9 nitrogen and oxygen atoms in total. The smallest absolute Gasteiger partial charge is 0.410 e. The van der Waals surface area contributed by atoms with Crippen LogP contribution in [0.2, 0.25) is 0 Å². The fraction of sp³-hybridized carbons (Fsp3) is 0.600. The van der Waals surface area contributed by atoms with Crippen LogP contribution in [0.5, 0.6) is 0 Å². The van der Waals surface area contributed by atoms with E-state index >= 15 is 0 Å². The first-order valence-corrected chi connectivity index (χ1v) is 7.58. The second kappa shape index (κ2) is 6.60. The molecule has 1 aliphatic heterocycles. The number of likely N-dealkylation sites (N-methyl/N-ethyl adjacent to an activating group) is 1. The van der Waals surface area contributed by atoms with Crippen LogP contribution in [-0.2, 0) is 4.74 Å². The molecule has 1 unspecified atom stereocenters. The fourth-order valence-corrected chi connectivity index (χ4v) is 2.48. The average molecular weight is 338 g/mol. The van der Waals surface area contributed by atoms with Gasteiger partial charge in [0.05, 0.1) is 17.1 Å². The Kier molecular flexibility index (Phi) is 4.93. The van der Waals surface area contributed by atoms with Crippen LogP contribution in [0.4, 0.5) is 16.3 Å². The van der Waals surface area contributed by atoms with Crippen molar-refractivity contribution in [3.63, 3.8) is 0 Å². The molecule has 2 rings (SSSR count). The SMILES string of the molecule is CN(C(=O)OC(C)(C)C)C1CN(c2ccc([N+](=O)[O-])cn2)C[C@H]1O. The Bertz CT molecular complexity index is 613. The summed E-state index contributed by atoms with van der Waals surface area (Å²) in [6.45, 7) is 5.97. The maximum Gasteiger partial charge on any atom is 0.410 e. The summed E-state index contributed by atoms with van der Waals surface area (Å²) in [5.41, 5.74) is -0.713. The first-order chi connectivity index (χ1) is 11.1. The summed E-state index contributed by atoms with van der Waals surface area (Å²) in [5.74, 6) is 0.514. The van der Waals surface area contributed by atoms with E-state index in [9.17, 15) is 20.0 Å². The quantitative estimate of drug-likeness (QED) is 0.655. The highest BCUT2D eigenvalue weighted by atomic mass is 16.6. The summed E-state index contributed by atoms with van der Waals surface area (Å²) in [4.78, 5) is 29.5. The molecule has 0 radical (unpaired) electrons. The van der Waals surface area contributed by atoms with E-state index in [4.69, 9.17) is 4.74 Å². The molecule has 132 valence electrons. The minimum atomic E-state index is -0.764. The Labute approximate surface area is 140 Å². The van der Waals surface area contributed by atoms with E-state index in [1.54, 1.807) is 32.7 Å². The number of rotatable bonds is 3. The number of pyridine rings is 1. The van der Waals surface area contributed by atoms with Crippen LogP contribution < -0.4 is 4.90 Å². The Morgan fingerprint density at radius 3 is 2.62 bits per heavy atom. The molecule has 1 saturated heterocycles. The van der Waals surface area contributed by atoms with E-state index < -0.39 is 28.8 Å². The number of hydrogen-bond donors (Lipinski definition) is 1. The number of carbonyl (C=O) groups is 1. The van der Waals surface area contributed by atoms with Crippen LogP contribution >= 0.6 is 0 Å². The number of amides is 1. The molecule has 24 heavy (non-hydrogen) atoms. The zero-order valence-corrected chi connectivity index (χ0v) is 14.2. The minimum absolute atomic E-state index is 0.0964. The molecule has 9 heteroatoms. The second-order valence-corrected chi connectivity index (χ2v) is 6.76. The molecule has 1 fully saturated rings. The molecule has 0 saturated carbocycles. The lowest BCUT2D eigenvalue weighted by atomic mass is 10.2. The van der Waals surface area contributed by atoms with Crippen molar-refractivity contribution in [1.29, 1.82) is 0 Å². The molecular formula is C15H22N4O5. The maximum absolute atomic E-state index is 12.1. The average Bonchev–Trinajstić information content (AvgIpc) is 2.86. The van der Waals surface area contributed by atoms with Gasteiger partial charge in [-0.2, -0.15) is 0 Å². The third-order valence-electron chi connectivity index (χ3n) is 3.71. The van der Waals surface area contributed by atoms with Crippen LogP contribution in [0, 0.1) is 10.1 Å². The van der Waals surface area contributed by atoms with Crippen LogP contribution in [-0.4, -0.2) is 63.9 Å². The van der Waals surface area contributed by atoms with E-state index in [-0.39, 0.29) is 12.2 Å². The van der Waals surface area contributed by atoms with Gasteiger partial charge >= 0.3 is 6.09 Å². The molecule has 0 aliphatic carbocycles. The Balaban J connectivity index is 2.06. The molecule has 1 N–H and O–H groups in total. The van der Waals surface area contributed by atoms with E-state index in [1.165, 1.54) is 23.2 Å². The van der Waals surface area contributed by atoms with Crippen LogP contribution in [0.25, 0.3) is 0 Å². The highest BCUT2D eigenvalue weighted by Gasteiger charge is 2.38. The molecule has 0 aromatic carbocycles. The van der Waals surface area contributed by atoms with Crippen molar-refractivity contribution in [3.05, 3.63) is 28.4 Å². The van der Waals surface area contributed by atoms with Gasteiger partial charge < -0.3 is 19.6 Å². The topological polar surface area (TPSA) is 109 Å². The molecule has 2 heterocycles. The maximum atomic E-state index is 12.1. The van der Waals surface area contributed by atoms with Gasteiger partial charge in [-0.1, -0.05) is 0 Å². The molecule has 1 aromatic heterocycles. The van der Waals surface area contributed by atoms with E-state index in [2.05, 4.69) is 4.98 Å². The first kappa shape index (κ1) is 17.9. The zero-order chi connectivity index (χ0) is 18.1. The first-order valence-electron chi connectivity index (χ1n) is 7.58. The summed E-state index contributed by atoms with van der Waals surface area (Å²) in [5, 5.41) is 20.9. The Morgan fingerprint density at radius 1 is 1.46 bits per heavy atom. The minimum Gasteiger partial charge on any atom is -0.444 e. The van der Waals surface area contributed by atoms with Gasteiger partial charge in [-0.15, -0.1) is 0 Å². The number of anilines is 1. The highest BCUT2D eigenvalue weighted by molar-refractivity contribution is 5.68. The van der Waals surface area contributed by atoms with Crippen LogP contribution in [0.1, 0.15) is 20.8 Å². The number of β-amino-alcohol motifs (C(OH)–C–C–N with tert-alkyl or cyclic N) is 1. The van der Waals surface area contributed by atoms with Gasteiger partial charge in [-0.05, 0) is 26.8 Å². The third-order valence-corrected chi connectivity index (χ3v) is 3.71. The van der Waals surface area contributed by atoms with Gasteiger partial charge in [-0.3, -0.25) is 10.1 Å². The van der Waals surface area contributed by atoms with Crippen molar-refractivity contribution in [2.75, 3.05) is 25.0 Å². The lowest BCUT2D eigenvalue weighted by Crippen LogP contribution is -2.46. The number of aliphatic hydroxyl groups is 1. The van der Waals surface area contributed by atoms with Crippen molar-refractivity contribution in [1.82, 2.24) is 9.88 Å². The van der Waals surface area contributed by atoms with Crippen LogP contribution in [0.3, 0.4) is 0 Å². The number of hydrogen-bond acceptors (Lipinski definition) is 7. The van der Waals surface area contributed by atoms with Crippen molar-refractivity contribution < 1.29 is 19.6 Å². The van der Waals surface area contributed by atoms with E-state index in [0.717, 1.165) is 0 Å². The van der Waals surface area contributed by atoms with Crippen molar-refractivity contribution in [3.8, 4) is 0 Å². The lowest BCUT2D eigenvalue weighted by molar-refractivity contribution is -0.385. The normalized spacial score (nSPS) is 20.8. The zero-order valence-electron chi connectivity index (χ0n) is 14.2. The molecule has 1 aliphatic rings. The van der Waals surface area contributed by atoms with E-state index in [1.807, 2.05) is 0 Å². The number of aromatic nitrogens is 1. The fourth-order valence-electron chi connectivity index (χ4n) is 2.48. The second-order valence-electron chi connectivity index (χ2n) is 6.76. The molecule has 0 bridgehead atoms. The van der Waals surface area contributed by atoms with Gasteiger partial charge in [0.25, 0.3) is 5.69 Å². The van der Waals surface area contributed by atoms with Crippen molar-refractivity contribution >= 4 is 17.6 Å². The van der Waals surface area contributed by atoms with Crippen LogP contribution in [0.15, 0.2) is 18.3 Å². The lowest BCUT2D eigenvalue weighted by Gasteiger charge is -2.29. The van der Waals surface area contributed by atoms with Gasteiger partial charge in [0.2, 0.25) is 0 Å². The monoisotopic (exact) mass is 338 g/mol. The molecule has 0 spiro atoms. The largest absolute Gasteiger partial charge is 0.444 e. The predicted molar refractivity (Wildman–Crippen MR) is 86.9 cm³/mol. The van der Waals surface area contributed by atoms with Gasteiger partial charge in [0, 0.05) is 26.2 Å². The highest BCUT2D eigenvalue weighted by Crippen LogP contribution is 2.24. The van der Waals surface area contributed by atoms with Crippen molar-refractivity contribution in [2.45, 2.75) is 38.5 Å². The number of aliphatic hydroxyl groups excluding tert-OH is 1. The van der Waals surface area contributed by atoms with Crippen molar-refractivity contribution in [2.24, 2.45) is 0 Å². The molecule has 1 aromatic rings. The molecule has 2 atom stereocenters. The summed E-state index contributed by atoms with van der Waals surface area (Å²) in [7, 11) is 1.58. The summed E-state index contributed by atoms with van der Waals surface area (Å²) in [6, 6.07) is 2.44. The summed E-state index contributed by atoms with van der Waals surface area (Å²) in [6.07, 6.45) is -0.100. The summed E-state index contributed by atoms with van der Waals surface area (Å²) < 4.78 is 5.31. The Morgan fingerprint density at radius 2 is 2.12 bits per heavy atom. The summed E-state index contributed by atoms with van der Waals surface area (Å²) >= 11 is 0.